The average Bonchev–Trinajstić information content (AvgIpc) is 2.47. The molecule has 0 bridgehead atoms. The smallest absolute Gasteiger partial charge is 0.0429 e. The zero-order valence-corrected chi connectivity index (χ0v) is 15.4. The first-order chi connectivity index (χ1) is 9.69. The van der Waals surface area contributed by atoms with Gasteiger partial charge in [-0.1, -0.05) is 88.9 Å². The Hall–Kier alpha value is -0.340. The molecular formula is C18H22Br2. The van der Waals surface area contributed by atoms with Gasteiger partial charge in [0.05, 0.1) is 0 Å². The molecule has 0 aromatic heterocycles. The van der Waals surface area contributed by atoms with Crippen molar-refractivity contribution in [2.24, 2.45) is 5.92 Å². The van der Waals surface area contributed by atoms with Crippen molar-refractivity contribution in [3.63, 3.8) is 0 Å². The van der Waals surface area contributed by atoms with Crippen LogP contribution in [0, 0.1) is 5.92 Å². The molecule has 0 aliphatic carbocycles. The second kappa shape index (κ2) is 7.61. The Morgan fingerprint density at radius 3 is 2.10 bits per heavy atom. The summed E-state index contributed by atoms with van der Waals surface area (Å²) in [6.45, 7) is 4.56. The average molecular weight is 398 g/mol. The van der Waals surface area contributed by atoms with Crippen LogP contribution in [0.2, 0.25) is 0 Å². The van der Waals surface area contributed by atoms with Crippen LogP contribution in [0.3, 0.4) is 0 Å². The van der Waals surface area contributed by atoms with Gasteiger partial charge in [0.2, 0.25) is 0 Å². The Labute approximate surface area is 139 Å². The summed E-state index contributed by atoms with van der Waals surface area (Å²) in [6.07, 6.45) is 5.07. The lowest BCUT2D eigenvalue weighted by Crippen LogP contribution is -2.08. The number of benzene rings is 2. The quantitative estimate of drug-likeness (QED) is 0.450. The lowest BCUT2D eigenvalue weighted by molar-refractivity contribution is 0.436. The van der Waals surface area contributed by atoms with Crippen LogP contribution in [0.4, 0.5) is 0 Å². The van der Waals surface area contributed by atoms with E-state index in [1.807, 2.05) is 0 Å². The van der Waals surface area contributed by atoms with Gasteiger partial charge in [-0.15, -0.1) is 0 Å². The van der Waals surface area contributed by atoms with Crippen LogP contribution >= 0.6 is 31.9 Å². The first-order valence-corrected chi connectivity index (χ1v) is 9.21. The van der Waals surface area contributed by atoms with Gasteiger partial charge in [-0.05, 0) is 41.2 Å². The van der Waals surface area contributed by atoms with Gasteiger partial charge in [-0.25, -0.2) is 0 Å². The predicted octanol–water partition coefficient (Wildman–Crippen LogP) is 7.25. The summed E-state index contributed by atoms with van der Waals surface area (Å²) >= 11 is 7.65. The van der Waals surface area contributed by atoms with Crippen molar-refractivity contribution < 1.29 is 0 Å². The van der Waals surface area contributed by atoms with E-state index < -0.39 is 0 Å². The van der Waals surface area contributed by atoms with Gasteiger partial charge < -0.3 is 0 Å². The van der Waals surface area contributed by atoms with E-state index in [9.17, 15) is 0 Å². The molecule has 1 atom stereocenters. The molecule has 2 rings (SSSR count). The Kier molecular flexibility index (Phi) is 6.10. The first kappa shape index (κ1) is 16.0. The number of rotatable bonds is 6. The predicted molar refractivity (Wildman–Crippen MR) is 96.6 cm³/mol. The topological polar surface area (TPSA) is 0 Å². The molecule has 0 heterocycles. The summed E-state index contributed by atoms with van der Waals surface area (Å²) in [5.41, 5.74) is 1.43. The third-order valence-electron chi connectivity index (χ3n) is 3.93. The summed E-state index contributed by atoms with van der Waals surface area (Å²) in [6, 6.07) is 13.1. The molecule has 2 aromatic carbocycles. The third kappa shape index (κ3) is 3.46. The zero-order valence-electron chi connectivity index (χ0n) is 12.2. The third-order valence-corrected chi connectivity index (χ3v) is 5.87. The van der Waals surface area contributed by atoms with Crippen molar-refractivity contribution in [2.75, 3.05) is 0 Å². The van der Waals surface area contributed by atoms with E-state index in [2.05, 4.69) is 82.1 Å². The van der Waals surface area contributed by atoms with Crippen LogP contribution < -0.4 is 0 Å². The first-order valence-electron chi connectivity index (χ1n) is 7.50. The van der Waals surface area contributed by atoms with Crippen molar-refractivity contribution >= 4 is 42.6 Å². The monoisotopic (exact) mass is 396 g/mol. The van der Waals surface area contributed by atoms with Crippen molar-refractivity contribution in [3.8, 4) is 0 Å². The fraction of sp³-hybridized carbons (Fsp3) is 0.444. The van der Waals surface area contributed by atoms with Crippen molar-refractivity contribution in [1.29, 1.82) is 0 Å². The second-order valence-electron chi connectivity index (χ2n) is 5.42. The maximum Gasteiger partial charge on any atom is 0.0429 e. The Bertz CT molecular complexity index is 556. The minimum Gasteiger partial charge on any atom is -0.0836 e. The molecule has 2 aromatic rings. The van der Waals surface area contributed by atoms with E-state index in [-0.39, 0.29) is 0 Å². The van der Waals surface area contributed by atoms with Gasteiger partial charge in [-0.2, -0.15) is 0 Å². The molecule has 0 aliphatic heterocycles. The van der Waals surface area contributed by atoms with E-state index in [0.29, 0.717) is 4.83 Å². The van der Waals surface area contributed by atoms with Crippen LogP contribution in [0.25, 0.3) is 10.8 Å². The highest BCUT2D eigenvalue weighted by Crippen LogP contribution is 2.41. The van der Waals surface area contributed by atoms with Gasteiger partial charge in [0, 0.05) is 9.30 Å². The lowest BCUT2D eigenvalue weighted by Gasteiger charge is -2.23. The number of hydrogen-bond donors (Lipinski definition) is 0. The van der Waals surface area contributed by atoms with Crippen molar-refractivity contribution in [3.05, 3.63) is 46.4 Å². The molecule has 20 heavy (non-hydrogen) atoms. The fourth-order valence-electron chi connectivity index (χ4n) is 2.96. The van der Waals surface area contributed by atoms with Crippen LogP contribution in [0.5, 0.6) is 0 Å². The highest BCUT2D eigenvalue weighted by Gasteiger charge is 2.21. The van der Waals surface area contributed by atoms with Crippen LogP contribution in [0.1, 0.15) is 49.9 Å². The number of alkyl halides is 1. The van der Waals surface area contributed by atoms with Crippen LogP contribution in [-0.2, 0) is 0 Å². The van der Waals surface area contributed by atoms with E-state index in [4.69, 9.17) is 0 Å². The van der Waals surface area contributed by atoms with Gasteiger partial charge in [0.25, 0.3) is 0 Å². The molecule has 1 unspecified atom stereocenters. The van der Waals surface area contributed by atoms with Crippen LogP contribution in [0.15, 0.2) is 40.9 Å². The van der Waals surface area contributed by atoms with E-state index in [0.717, 1.165) is 5.92 Å². The number of hydrogen-bond acceptors (Lipinski definition) is 0. The molecule has 0 fully saturated rings. The molecule has 0 amide bonds. The van der Waals surface area contributed by atoms with E-state index in [1.54, 1.807) is 0 Å². The van der Waals surface area contributed by atoms with Gasteiger partial charge in [0.15, 0.2) is 0 Å². The summed E-state index contributed by atoms with van der Waals surface area (Å²) in [7, 11) is 0. The summed E-state index contributed by atoms with van der Waals surface area (Å²) < 4.78 is 1.18. The highest BCUT2D eigenvalue weighted by atomic mass is 79.9. The lowest BCUT2D eigenvalue weighted by atomic mass is 9.89. The van der Waals surface area contributed by atoms with Crippen molar-refractivity contribution in [2.45, 2.75) is 44.4 Å². The number of halogens is 2. The number of fused-ring (bicyclic) bond motifs is 1. The molecule has 0 N–H and O–H groups in total. The Morgan fingerprint density at radius 2 is 1.50 bits per heavy atom. The summed E-state index contributed by atoms with van der Waals surface area (Å²) in [4.78, 5) is 0.445. The molecule has 2 heteroatoms. The summed E-state index contributed by atoms with van der Waals surface area (Å²) in [5.74, 6) is 0.717. The molecular weight excluding hydrogens is 376 g/mol. The molecule has 0 nitrogen and oxygen atoms in total. The molecule has 0 radical (unpaired) electrons. The minimum atomic E-state index is 0.445. The van der Waals surface area contributed by atoms with E-state index >= 15 is 0 Å². The summed E-state index contributed by atoms with van der Waals surface area (Å²) in [5, 5.41) is 2.67. The van der Waals surface area contributed by atoms with Crippen LogP contribution in [-0.4, -0.2) is 0 Å². The maximum atomic E-state index is 3.98. The zero-order chi connectivity index (χ0) is 14.5. The molecule has 0 spiro atoms. The van der Waals surface area contributed by atoms with Gasteiger partial charge >= 0.3 is 0 Å². The molecule has 0 aliphatic rings. The molecule has 0 saturated heterocycles. The van der Waals surface area contributed by atoms with Crippen molar-refractivity contribution in [1.82, 2.24) is 0 Å². The second-order valence-corrected chi connectivity index (χ2v) is 7.26. The van der Waals surface area contributed by atoms with Gasteiger partial charge in [0.1, 0.15) is 0 Å². The standard InChI is InChI=1S/C18H22Br2/c1-3-7-13(8-4-2)18(20)16-11-12-17(19)15-10-6-5-9-14(15)16/h5-6,9-13,18H,3-4,7-8H2,1-2H3. The minimum absolute atomic E-state index is 0.445. The Morgan fingerprint density at radius 1 is 0.900 bits per heavy atom. The molecule has 108 valence electrons. The van der Waals surface area contributed by atoms with Gasteiger partial charge in [-0.3, -0.25) is 0 Å². The Balaban J connectivity index is 2.43. The maximum absolute atomic E-state index is 3.98. The molecule has 0 saturated carbocycles. The normalized spacial score (nSPS) is 13.1. The largest absolute Gasteiger partial charge is 0.0836 e. The SMILES string of the molecule is CCCC(CCC)C(Br)c1ccc(Br)c2ccccc12. The highest BCUT2D eigenvalue weighted by molar-refractivity contribution is 9.10. The van der Waals surface area contributed by atoms with E-state index in [1.165, 1.54) is 46.5 Å². The fourth-order valence-corrected chi connectivity index (χ4v) is 4.36.